The summed E-state index contributed by atoms with van der Waals surface area (Å²) in [5, 5.41) is 2.57. The molecule has 1 aromatic heterocycles. The highest BCUT2D eigenvalue weighted by molar-refractivity contribution is 7.15. The molecule has 0 unspecified atom stereocenters. The van der Waals surface area contributed by atoms with Gasteiger partial charge in [-0.05, 0) is 37.7 Å². The van der Waals surface area contributed by atoms with Crippen LogP contribution in [0.3, 0.4) is 0 Å². The lowest BCUT2D eigenvalue weighted by atomic mass is 9.82. The first-order chi connectivity index (χ1) is 13.8. The number of rotatable bonds is 5. The van der Waals surface area contributed by atoms with E-state index in [4.69, 9.17) is 4.74 Å². The Bertz CT molecular complexity index is 811. The van der Waals surface area contributed by atoms with Crippen LogP contribution in [0.5, 0.6) is 0 Å². The number of hydrogen-bond donors (Lipinski definition) is 1. The van der Waals surface area contributed by atoms with Crippen LogP contribution in [0.2, 0.25) is 0 Å². The van der Waals surface area contributed by atoms with Gasteiger partial charge >= 0.3 is 5.97 Å². The number of nitrogens with one attached hydrogen (secondary N) is 1. The van der Waals surface area contributed by atoms with E-state index in [-0.39, 0.29) is 30.2 Å². The van der Waals surface area contributed by atoms with Crippen molar-refractivity contribution in [1.82, 2.24) is 5.32 Å². The van der Waals surface area contributed by atoms with E-state index in [1.165, 1.54) is 30.4 Å². The summed E-state index contributed by atoms with van der Waals surface area (Å²) in [6, 6.07) is 1.72. The van der Waals surface area contributed by atoms with Crippen molar-refractivity contribution in [2.24, 2.45) is 17.8 Å². The molecule has 1 aliphatic rings. The first-order valence-corrected chi connectivity index (χ1v) is 10.8. The van der Waals surface area contributed by atoms with E-state index >= 15 is 0 Å². The zero-order valence-electron chi connectivity index (χ0n) is 17.8. The van der Waals surface area contributed by atoms with Crippen LogP contribution in [0.15, 0.2) is 6.07 Å². The second-order valence-electron chi connectivity index (χ2n) is 7.79. The summed E-state index contributed by atoms with van der Waals surface area (Å²) in [6.45, 7) is 6.01. The number of carbonyl (C=O) groups excluding carboxylic acids is 3. The molecule has 0 saturated heterocycles. The number of hydrogen-bond acceptors (Lipinski definition) is 5. The average Bonchev–Trinajstić information content (AvgIpc) is 3.13. The van der Waals surface area contributed by atoms with Crippen molar-refractivity contribution >= 4 is 34.8 Å². The third kappa shape index (κ3) is 6.07. The van der Waals surface area contributed by atoms with Crippen LogP contribution < -0.4 is 10.2 Å². The molecule has 6 nitrogen and oxygen atoms in total. The van der Waals surface area contributed by atoms with Crippen LogP contribution in [-0.4, -0.2) is 38.5 Å². The summed E-state index contributed by atoms with van der Waals surface area (Å²) in [5.41, 5.74) is 0.405. The van der Waals surface area contributed by atoms with Crippen LogP contribution in [0.4, 0.5) is 5.69 Å². The molecule has 1 saturated carbocycles. The Kier molecular flexibility index (Phi) is 8.27. The number of ether oxygens (including phenoxy) is 1. The minimum absolute atomic E-state index is 0.119. The molecular formula is C22H30N2O4S. The number of nitrogens with zero attached hydrogens (tertiary/aromatic N) is 1. The monoisotopic (exact) mass is 418 g/mol. The zero-order valence-corrected chi connectivity index (χ0v) is 18.6. The number of thiophene rings is 1. The second-order valence-corrected chi connectivity index (χ2v) is 8.85. The molecule has 0 bridgehead atoms. The van der Waals surface area contributed by atoms with Crippen molar-refractivity contribution in [3.8, 4) is 11.8 Å². The van der Waals surface area contributed by atoms with Crippen LogP contribution in [-0.2, 0) is 14.3 Å². The first-order valence-electron chi connectivity index (χ1n) is 10.0. The molecule has 0 spiro atoms. The molecule has 1 fully saturated rings. The van der Waals surface area contributed by atoms with Gasteiger partial charge in [0.15, 0.2) is 0 Å². The molecule has 0 aromatic carbocycles. The molecule has 0 atom stereocenters. The minimum atomic E-state index is -0.533. The van der Waals surface area contributed by atoms with Crippen LogP contribution in [0, 0.1) is 29.6 Å². The van der Waals surface area contributed by atoms with E-state index in [1.807, 2.05) is 13.8 Å². The van der Waals surface area contributed by atoms with Gasteiger partial charge in [0, 0.05) is 18.9 Å². The number of methoxy groups -OCH3 is 1. The van der Waals surface area contributed by atoms with Gasteiger partial charge in [-0.3, -0.25) is 9.59 Å². The summed E-state index contributed by atoms with van der Waals surface area (Å²) in [7, 11) is 2.83. The molecule has 1 N–H and O–H groups in total. The number of amides is 2. The predicted molar refractivity (Wildman–Crippen MR) is 115 cm³/mol. The Labute approximate surface area is 177 Å². The van der Waals surface area contributed by atoms with Crippen molar-refractivity contribution < 1.29 is 19.1 Å². The molecule has 2 amide bonds. The molecule has 0 radical (unpaired) electrons. The fraction of sp³-hybridized carbons (Fsp3) is 0.591. The van der Waals surface area contributed by atoms with Crippen LogP contribution in [0.25, 0.3) is 0 Å². The fourth-order valence-corrected chi connectivity index (χ4v) is 4.27. The Morgan fingerprint density at radius 3 is 2.48 bits per heavy atom. The van der Waals surface area contributed by atoms with E-state index in [0.29, 0.717) is 21.4 Å². The maximum absolute atomic E-state index is 13.4. The maximum Gasteiger partial charge on any atom is 0.350 e. The highest BCUT2D eigenvalue weighted by Gasteiger charge is 2.33. The molecule has 0 aliphatic heterocycles. The summed E-state index contributed by atoms with van der Waals surface area (Å²) < 4.78 is 4.92. The van der Waals surface area contributed by atoms with E-state index < -0.39 is 5.97 Å². The summed E-state index contributed by atoms with van der Waals surface area (Å²) in [6.07, 6.45) is 3.57. The van der Waals surface area contributed by atoms with Crippen molar-refractivity contribution in [3.05, 3.63) is 15.8 Å². The Morgan fingerprint density at radius 1 is 1.28 bits per heavy atom. The zero-order chi connectivity index (χ0) is 21.6. The van der Waals surface area contributed by atoms with Crippen molar-refractivity contribution in [3.63, 3.8) is 0 Å². The lowest BCUT2D eigenvalue weighted by Crippen LogP contribution is -2.44. The van der Waals surface area contributed by atoms with E-state index in [2.05, 4.69) is 24.1 Å². The van der Waals surface area contributed by atoms with Gasteiger partial charge in [-0.15, -0.1) is 11.3 Å². The second kappa shape index (κ2) is 10.4. The molecule has 1 aliphatic carbocycles. The minimum Gasteiger partial charge on any atom is -0.465 e. The summed E-state index contributed by atoms with van der Waals surface area (Å²) in [4.78, 5) is 40.3. The van der Waals surface area contributed by atoms with Crippen molar-refractivity contribution in [2.75, 3.05) is 25.6 Å². The molecule has 2 rings (SSSR count). The molecule has 158 valence electrons. The quantitative estimate of drug-likeness (QED) is 0.587. The van der Waals surface area contributed by atoms with Gasteiger partial charge < -0.3 is 15.0 Å². The number of anilines is 1. The smallest absolute Gasteiger partial charge is 0.350 e. The molecule has 7 heteroatoms. The van der Waals surface area contributed by atoms with Gasteiger partial charge in [0.1, 0.15) is 11.4 Å². The average molecular weight is 419 g/mol. The first kappa shape index (κ1) is 23.0. The van der Waals surface area contributed by atoms with E-state index in [1.54, 1.807) is 6.07 Å². The highest BCUT2D eigenvalue weighted by Crippen LogP contribution is 2.35. The van der Waals surface area contributed by atoms with Crippen molar-refractivity contribution in [2.45, 2.75) is 46.5 Å². The Hall–Kier alpha value is -2.33. The highest BCUT2D eigenvalue weighted by atomic mass is 32.1. The third-order valence-corrected chi connectivity index (χ3v) is 6.09. The Balaban J connectivity index is 2.45. The fourth-order valence-electron chi connectivity index (χ4n) is 3.33. The Morgan fingerprint density at radius 2 is 1.93 bits per heavy atom. The van der Waals surface area contributed by atoms with Gasteiger partial charge in [0.25, 0.3) is 0 Å². The van der Waals surface area contributed by atoms with Crippen molar-refractivity contribution in [1.29, 1.82) is 0 Å². The lowest BCUT2D eigenvalue weighted by Gasteiger charge is -2.30. The third-order valence-electron chi connectivity index (χ3n) is 5.07. The predicted octanol–water partition coefficient (Wildman–Crippen LogP) is 3.45. The topological polar surface area (TPSA) is 75.7 Å². The van der Waals surface area contributed by atoms with Gasteiger partial charge in [-0.2, -0.15) is 0 Å². The van der Waals surface area contributed by atoms with Gasteiger partial charge in [-0.25, -0.2) is 4.79 Å². The standard InChI is InChI=1S/C22H30N2O4S/c1-14(2)6-11-17-12-18(20(29-17)22(27)28-5)24(13-19(25)23-4)21(26)16-9-7-15(3)8-10-16/h12,14-16H,7-10,13H2,1-5H3,(H,23,25)/t15-,16-. The lowest BCUT2D eigenvalue weighted by molar-refractivity contribution is -0.126. The summed E-state index contributed by atoms with van der Waals surface area (Å²) >= 11 is 1.19. The normalized spacial score (nSPS) is 18.6. The molecule has 1 aromatic rings. The van der Waals surface area contributed by atoms with Crippen LogP contribution >= 0.6 is 11.3 Å². The number of carbonyl (C=O) groups is 3. The van der Waals surface area contributed by atoms with Gasteiger partial charge in [0.05, 0.1) is 17.7 Å². The van der Waals surface area contributed by atoms with E-state index in [0.717, 1.165) is 25.7 Å². The molecular weight excluding hydrogens is 388 g/mol. The largest absolute Gasteiger partial charge is 0.465 e. The van der Waals surface area contributed by atoms with E-state index in [9.17, 15) is 14.4 Å². The van der Waals surface area contributed by atoms with Gasteiger partial charge in [-0.1, -0.05) is 32.6 Å². The number of likely N-dealkylation sites (N-methyl/N-ethyl adjacent to an activating group) is 1. The van der Waals surface area contributed by atoms with Crippen LogP contribution in [0.1, 0.15) is 61.0 Å². The summed E-state index contributed by atoms with van der Waals surface area (Å²) in [5.74, 6) is 5.82. The molecule has 29 heavy (non-hydrogen) atoms. The maximum atomic E-state index is 13.4. The molecule has 1 heterocycles. The van der Waals surface area contributed by atoms with Gasteiger partial charge in [0.2, 0.25) is 11.8 Å². The number of esters is 1. The SMILES string of the molecule is CNC(=O)CN(c1cc(C#CC(C)C)sc1C(=O)OC)C(=O)[C@H]1CC[C@H](C)CC1.